The van der Waals surface area contributed by atoms with Gasteiger partial charge in [0.25, 0.3) is 0 Å². The normalized spacial score (nSPS) is 18.9. The van der Waals surface area contributed by atoms with Crippen LogP contribution in [0, 0.1) is 0 Å². The highest BCUT2D eigenvalue weighted by molar-refractivity contribution is 6.01. The van der Waals surface area contributed by atoms with Crippen LogP contribution in [0.1, 0.15) is 48.4 Å². The van der Waals surface area contributed by atoms with Gasteiger partial charge in [0.15, 0.2) is 0 Å². The van der Waals surface area contributed by atoms with E-state index in [0.29, 0.717) is 13.0 Å². The van der Waals surface area contributed by atoms with Crippen molar-refractivity contribution < 1.29 is 14.3 Å². The largest absolute Gasteiger partial charge is 0.496 e. The number of fused-ring (bicyclic) bond motifs is 2. The summed E-state index contributed by atoms with van der Waals surface area (Å²) in [6.45, 7) is 2.24. The minimum atomic E-state index is -0.559. The lowest BCUT2D eigenvalue weighted by molar-refractivity contribution is -0.128. The van der Waals surface area contributed by atoms with E-state index < -0.39 is 6.04 Å². The van der Waals surface area contributed by atoms with E-state index in [9.17, 15) is 9.59 Å². The van der Waals surface area contributed by atoms with Crippen molar-refractivity contribution in [1.82, 2.24) is 10.6 Å². The third kappa shape index (κ3) is 4.37. The number of nitrogens with one attached hydrogen (secondary N) is 2. The molecular formula is C26H33N3O3. The maximum atomic E-state index is 13.8. The fourth-order valence-corrected chi connectivity index (χ4v) is 4.85. The first-order valence-corrected chi connectivity index (χ1v) is 11.6. The molecule has 0 aromatic heterocycles. The molecule has 0 bridgehead atoms. The number of hydrogen-bond donors (Lipinski definition) is 2. The summed E-state index contributed by atoms with van der Waals surface area (Å²) in [7, 11) is 3.43. The van der Waals surface area contributed by atoms with Gasteiger partial charge in [-0.2, -0.15) is 0 Å². The number of likely N-dealkylation sites (N-methyl/N-ethyl adjacent to an activating group) is 1. The molecule has 0 fully saturated rings. The zero-order valence-corrected chi connectivity index (χ0v) is 19.2. The van der Waals surface area contributed by atoms with Crippen molar-refractivity contribution in [3.05, 3.63) is 58.7 Å². The zero-order valence-electron chi connectivity index (χ0n) is 19.2. The van der Waals surface area contributed by atoms with Gasteiger partial charge in [-0.05, 0) is 81.3 Å². The molecule has 1 heterocycles. The van der Waals surface area contributed by atoms with E-state index in [2.05, 4.69) is 22.8 Å². The van der Waals surface area contributed by atoms with E-state index in [0.717, 1.165) is 48.2 Å². The number of carbonyl (C=O) groups excluding carboxylic acids is 2. The van der Waals surface area contributed by atoms with Crippen molar-refractivity contribution in [2.75, 3.05) is 19.1 Å². The van der Waals surface area contributed by atoms with Crippen LogP contribution < -0.4 is 20.3 Å². The van der Waals surface area contributed by atoms with Gasteiger partial charge in [0.1, 0.15) is 11.8 Å². The number of nitrogens with zero attached hydrogens (tertiary/aromatic N) is 1. The molecule has 2 aromatic carbocycles. The quantitative estimate of drug-likeness (QED) is 0.731. The summed E-state index contributed by atoms with van der Waals surface area (Å²) in [6.07, 6.45) is 5.74. The predicted octanol–water partition coefficient (Wildman–Crippen LogP) is 3.15. The Morgan fingerprint density at radius 1 is 1.12 bits per heavy atom. The number of methoxy groups -OCH3 is 1. The Balaban J connectivity index is 1.72. The average Bonchev–Trinajstić information content (AvgIpc) is 2.95. The Bertz CT molecular complexity index is 1000. The van der Waals surface area contributed by atoms with Crippen molar-refractivity contribution in [3.8, 4) is 5.75 Å². The number of amides is 2. The van der Waals surface area contributed by atoms with E-state index >= 15 is 0 Å². The third-order valence-electron chi connectivity index (χ3n) is 6.84. The summed E-state index contributed by atoms with van der Waals surface area (Å²) >= 11 is 0. The summed E-state index contributed by atoms with van der Waals surface area (Å²) in [6, 6.07) is 11.3. The zero-order chi connectivity index (χ0) is 22.7. The Morgan fingerprint density at radius 3 is 2.69 bits per heavy atom. The number of ether oxygens (including phenoxy) is 1. The number of aryl methyl sites for hydroxylation is 2. The molecule has 2 atom stereocenters. The molecule has 32 heavy (non-hydrogen) atoms. The Morgan fingerprint density at radius 2 is 1.91 bits per heavy atom. The van der Waals surface area contributed by atoms with Crippen molar-refractivity contribution in [3.63, 3.8) is 0 Å². The lowest BCUT2D eigenvalue weighted by Gasteiger charge is -2.30. The number of carbonyl (C=O) groups is 2. The first kappa shape index (κ1) is 22.3. The molecule has 2 aromatic rings. The smallest absolute Gasteiger partial charge is 0.249 e. The van der Waals surface area contributed by atoms with E-state index in [1.165, 1.54) is 17.5 Å². The second-order valence-electron chi connectivity index (χ2n) is 8.75. The van der Waals surface area contributed by atoms with Crippen molar-refractivity contribution >= 4 is 17.5 Å². The van der Waals surface area contributed by atoms with Gasteiger partial charge in [-0.25, -0.2) is 0 Å². The molecule has 4 rings (SSSR count). The van der Waals surface area contributed by atoms with Gasteiger partial charge in [-0.3, -0.25) is 9.59 Å². The molecule has 170 valence electrons. The fraction of sp³-hybridized carbons (Fsp3) is 0.462. The van der Waals surface area contributed by atoms with E-state index in [1.807, 2.05) is 29.2 Å². The van der Waals surface area contributed by atoms with E-state index in [1.54, 1.807) is 21.1 Å². The monoisotopic (exact) mass is 435 g/mol. The molecule has 0 saturated heterocycles. The molecule has 1 aliphatic heterocycles. The maximum absolute atomic E-state index is 13.8. The molecule has 2 N–H and O–H groups in total. The van der Waals surface area contributed by atoms with Gasteiger partial charge in [0.05, 0.1) is 19.7 Å². The average molecular weight is 436 g/mol. The number of anilines is 1. The number of hydrogen-bond acceptors (Lipinski definition) is 4. The molecular weight excluding hydrogens is 402 g/mol. The van der Waals surface area contributed by atoms with Crippen LogP contribution in [0.2, 0.25) is 0 Å². The second kappa shape index (κ2) is 9.74. The molecule has 2 amide bonds. The van der Waals surface area contributed by atoms with Gasteiger partial charge < -0.3 is 20.3 Å². The number of benzene rings is 2. The van der Waals surface area contributed by atoms with Crippen LogP contribution >= 0.6 is 0 Å². The lowest BCUT2D eigenvalue weighted by Crippen LogP contribution is -2.52. The number of rotatable bonds is 6. The van der Waals surface area contributed by atoms with Crippen LogP contribution in [-0.4, -0.2) is 38.1 Å². The van der Waals surface area contributed by atoms with Crippen LogP contribution in [0.5, 0.6) is 5.75 Å². The highest BCUT2D eigenvalue weighted by Crippen LogP contribution is 2.35. The number of para-hydroxylation sites is 1. The van der Waals surface area contributed by atoms with Crippen LogP contribution in [0.25, 0.3) is 0 Å². The van der Waals surface area contributed by atoms with Crippen LogP contribution in [-0.2, 0) is 35.4 Å². The van der Waals surface area contributed by atoms with E-state index in [-0.39, 0.29) is 17.9 Å². The molecule has 1 unspecified atom stereocenters. The molecule has 0 saturated carbocycles. The topological polar surface area (TPSA) is 70.7 Å². The summed E-state index contributed by atoms with van der Waals surface area (Å²) in [5.74, 6) is 0.595. The summed E-state index contributed by atoms with van der Waals surface area (Å²) in [5.41, 5.74) is 5.81. The predicted molar refractivity (Wildman–Crippen MR) is 126 cm³/mol. The SMILES string of the molecule is CN[C@@H](C)C(=O)NC1CCc2ccccc2N(Cc2c(OC)ccc3c2CCCC3)C1=O. The Labute approximate surface area is 190 Å². The van der Waals surface area contributed by atoms with Crippen LogP contribution in [0.15, 0.2) is 36.4 Å². The molecule has 2 aliphatic rings. The molecule has 6 heteroatoms. The first-order chi connectivity index (χ1) is 15.5. The standard InChI is InChI=1S/C26H33N3O3/c1-17(27-2)25(30)28-22-14-12-19-9-5-7-11-23(19)29(26(22)31)16-21-20-10-6-4-8-18(20)13-15-24(21)32-3/h5,7,9,11,13,15,17,22,27H,4,6,8,10,12,14,16H2,1-3H3,(H,28,30)/t17-,22?/m0/s1. The second-order valence-corrected chi connectivity index (χ2v) is 8.75. The highest BCUT2D eigenvalue weighted by Gasteiger charge is 2.33. The fourth-order valence-electron chi connectivity index (χ4n) is 4.85. The maximum Gasteiger partial charge on any atom is 0.249 e. The van der Waals surface area contributed by atoms with Crippen LogP contribution in [0.4, 0.5) is 5.69 Å². The van der Waals surface area contributed by atoms with Gasteiger partial charge in [0.2, 0.25) is 11.8 Å². The Hall–Kier alpha value is -2.86. The summed E-state index contributed by atoms with van der Waals surface area (Å²) in [4.78, 5) is 28.2. The van der Waals surface area contributed by atoms with Crippen LogP contribution in [0.3, 0.4) is 0 Å². The van der Waals surface area contributed by atoms with Gasteiger partial charge in [-0.15, -0.1) is 0 Å². The minimum absolute atomic E-state index is 0.0675. The molecule has 6 nitrogen and oxygen atoms in total. The van der Waals surface area contributed by atoms with Crippen molar-refractivity contribution in [2.24, 2.45) is 0 Å². The van der Waals surface area contributed by atoms with Gasteiger partial charge >= 0.3 is 0 Å². The molecule has 0 spiro atoms. The molecule has 0 radical (unpaired) electrons. The lowest BCUT2D eigenvalue weighted by atomic mass is 9.87. The summed E-state index contributed by atoms with van der Waals surface area (Å²) < 4.78 is 5.73. The van der Waals surface area contributed by atoms with Crippen molar-refractivity contribution in [1.29, 1.82) is 0 Å². The minimum Gasteiger partial charge on any atom is -0.496 e. The van der Waals surface area contributed by atoms with Gasteiger partial charge in [-0.1, -0.05) is 24.3 Å². The van der Waals surface area contributed by atoms with E-state index in [4.69, 9.17) is 4.74 Å². The van der Waals surface area contributed by atoms with Gasteiger partial charge in [0, 0.05) is 11.3 Å². The third-order valence-corrected chi connectivity index (χ3v) is 6.84. The summed E-state index contributed by atoms with van der Waals surface area (Å²) in [5, 5.41) is 5.93. The highest BCUT2D eigenvalue weighted by atomic mass is 16.5. The first-order valence-electron chi connectivity index (χ1n) is 11.6. The molecule has 1 aliphatic carbocycles. The Kier molecular flexibility index (Phi) is 6.80. The van der Waals surface area contributed by atoms with Crippen molar-refractivity contribution in [2.45, 2.75) is 64.1 Å².